The summed E-state index contributed by atoms with van der Waals surface area (Å²) in [4.78, 5) is 9.07. The summed E-state index contributed by atoms with van der Waals surface area (Å²) >= 11 is 0. The normalized spacial score (nSPS) is 16.8. The fourth-order valence-electron chi connectivity index (χ4n) is 2.61. The second-order valence-electron chi connectivity index (χ2n) is 5.06. The van der Waals surface area contributed by atoms with Crippen molar-refractivity contribution in [2.75, 3.05) is 31.1 Å². The minimum atomic E-state index is 0.986. The van der Waals surface area contributed by atoms with Crippen LogP contribution in [0.5, 0.6) is 0 Å². The summed E-state index contributed by atoms with van der Waals surface area (Å²) in [6, 6.07) is 4.15. The number of anilines is 1. The monoisotopic (exact) mass is 257 g/mol. The molecule has 4 nitrogen and oxygen atoms in total. The van der Waals surface area contributed by atoms with E-state index >= 15 is 0 Å². The van der Waals surface area contributed by atoms with Crippen LogP contribution >= 0.6 is 0 Å². The maximum atomic E-state index is 5.12. The first kappa shape index (κ1) is 12.2. The van der Waals surface area contributed by atoms with Crippen molar-refractivity contribution in [2.24, 2.45) is 0 Å². The molecule has 1 saturated heterocycles. The van der Waals surface area contributed by atoms with Crippen molar-refractivity contribution in [1.82, 2.24) is 9.88 Å². The zero-order chi connectivity index (χ0) is 13.1. The molecule has 0 atom stereocenters. The Morgan fingerprint density at radius 1 is 1.21 bits per heavy atom. The van der Waals surface area contributed by atoms with Crippen LogP contribution in [0.15, 0.2) is 41.5 Å². The van der Waals surface area contributed by atoms with E-state index in [1.54, 1.807) is 6.26 Å². The third-order valence-corrected chi connectivity index (χ3v) is 3.69. The van der Waals surface area contributed by atoms with Gasteiger partial charge in [0.2, 0.25) is 0 Å². The number of hydrogen-bond acceptors (Lipinski definition) is 4. The van der Waals surface area contributed by atoms with E-state index in [2.05, 4.69) is 27.8 Å². The highest BCUT2D eigenvalue weighted by atomic mass is 16.3. The summed E-state index contributed by atoms with van der Waals surface area (Å²) in [6.45, 7) is 7.44. The summed E-state index contributed by atoms with van der Waals surface area (Å²) in [7, 11) is 0. The molecule has 0 unspecified atom stereocenters. The SMILES string of the molecule is Cc1cnccc1N1CCN(Cc2ccoc2)CC1. The summed E-state index contributed by atoms with van der Waals surface area (Å²) in [5, 5.41) is 0. The first-order valence-corrected chi connectivity index (χ1v) is 6.72. The largest absolute Gasteiger partial charge is 0.472 e. The highest BCUT2D eigenvalue weighted by Gasteiger charge is 2.18. The van der Waals surface area contributed by atoms with Gasteiger partial charge in [-0.1, -0.05) is 0 Å². The predicted octanol–water partition coefficient (Wildman–Crippen LogP) is 2.31. The summed E-state index contributed by atoms with van der Waals surface area (Å²) in [5.74, 6) is 0. The number of aromatic nitrogens is 1. The van der Waals surface area contributed by atoms with Crippen molar-refractivity contribution in [3.8, 4) is 0 Å². The maximum Gasteiger partial charge on any atom is 0.0947 e. The van der Waals surface area contributed by atoms with Crippen LogP contribution in [0.2, 0.25) is 0 Å². The van der Waals surface area contributed by atoms with Crippen molar-refractivity contribution >= 4 is 5.69 Å². The lowest BCUT2D eigenvalue weighted by Crippen LogP contribution is -2.46. The Hall–Kier alpha value is -1.81. The van der Waals surface area contributed by atoms with E-state index < -0.39 is 0 Å². The van der Waals surface area contributed by atoms with Gasteiger partial charge >= 0.3 is 0 Å². The number of hydrogen-bond donors (Lipinski definition) is 0. The van der Waals surface area contributed by atoms with Gasteiger partial charge in [-0.05, 0) is 24.6 Å². The highest BCUT2D eigenvalue weighted by Crippen LogP contribution is 2.20. The van der Waals surface area contributed by atoms with E-state index in [0.29, 0.717) is 0 Å². The van der Waals surface area contributed by atoms with E-state index in [4.69, 9.17) is 4.42 Å². The van der Waals surface area contributed by atoms with Crippen LogP contribution in [-0.2, 0) is 6.54 Å². The number of pyridine rings is 1. The average molecular weight is 257 g/mol. The van der Waals surface area contributed by atoms with Crippen LogP contribution < -0.4 is 4.90 Å². The van der Waals surface area contributed by atoms with Gasteiger partial charge in [-0.3, -0.25) is 9.88 Å². The third-order valence-electron chi connectivity index (χ3n) is 3.69. The minimum absolute atomic E-state index is 0.986. The molecule has 0 bridgehead atoms. The van der Waals surface area contributed by atoms with Gasteiger partial charge in [-0.25, -0.2) is 0 Å². The lowest BCUT2D eigenvalue weighted by molar-refractivity contribution is 0.249. The molecular weight excluding hydrogens is 238 g/mol. The quantitative estimate of drug-likeness (QED) is 0.844. The lowest BCUT2D eigenvalue weighted by atomic mass is 10.2. The molecular formula is C15H19N3O. The van der Waals surface area contributed by atoms with Crippen molar-refractivity contribution in [2.45, 2.75) is 13.5 Å². The summed E-state index contributed by atoms with van der Waals surface area (Å²) in [6.07, 6.45) is 7.39. The molecule has 2 aromatic rings. The average Bonchev–Trinajstić information content (AvgIpc) is 2.93. The van der Waals surface area contributed by atoms with Crippen LogP contribution in [0, 0.1) is 6.92 Å². The van der Waals surface area contributed by atoms with Crippen molar-refractivity contribution in [3.05, 3.63) is 48.2 Å². The number of piperazine rings is 1. The highest BCUT2D eigenvalue weighted by molar-refractivity contribution is 5.51. The molecule has 0 spiro atoms. The van der Waals surface area contributed by atoms with E-state index in [9.17, 15) is 0 Å². The topological polar surface area (TPSA) is 32.5 Å². The third kappa shape index (κ3) is 2.79. The zero-order valence-electron chi connectivity index (χ0n) is 11.2. The van der Waals surface area contributed by atoms with Gasteiger partial charge in [0.15, 0.2) is 0 Å². The number of nitrogens with zero attached hydrogens (tertiary/aromatic N) is 3. The van der Waals surface area contributed by atoms with Gasteiger partial charge in [0.05, 0.1) is 12.5 Å². The smallest absolute Gasteiger partial charge is 0.0947 e. The lowest BCUT2D eigenvalue weighted by Gasteiger charge is -2.36. The Balaban J connectivity index is 1.59. The van der Waals surface area contributed by atoms with Crippen LogP contribution in [0.1, 0.15) is 11.1 Å². The number of aryl methyl sites for hydroxylation is 1. The van der Waals surface area contributed by atoms with Gasteiger partial charge in [0.25, 0.3) is 0 Å². The first-order chi connectivity index (χ1) is 9.33. The first-order valence-electron chi connectivity index (χ1n) is 6.72. The molecule has 1 fully saturated rings. The Morgan fingerprint density at radius 2 is 2.05 bits per heavy atom. The van der Waals surface area contributed by atoms with Gasteiger partial charge in [-0.15, -0.1) is 0 Å². The molecule has 19 heavy (non-hydrogen) atoms. The molecule has 3 heterocycles. The minimum Gasteiger partial charge on any atom is -0.472 e. The van der Waals surface area contributed by atoms with Crippen LogP contribution in [0.3, 0.4) is 0 Å². The van der Waals surface area contributed by atoms with Gasteiger partial charge < -0.3 is 9.32 Å². The standard InChI is InChI=1S/C15H19N3O/c1-13-10-16-4-2-15(13)18-7-5-17(6-8-18)11-14-3-9-19-12-14/h2-4,9-10,12H,5-8,11H2,1H3. The Labute approximate surface area is 113 Å². The Kier molecular flexibility index (Phi) is 3.51. The second-order valence-corrected chi connectivity index (χ2v) is 5.06. The van der Waals surface area contributed by atoms with Crippen molar-refractivity contribution in [1.29, 1.82) is 0 Å². The summed E-state index contributed by atoms with van der Waals surface area (Å²) < 4.78 is 5.12. The molecule has 1 aliphatic heterocycles. The fourth-order valence-corrected chi connectivity index (χ4v) is 2.61. The second kappa shape index (κ2) is 5.45. The van der Waals surface area contributed by atoms with Crippen LogP contribution in [0.25, 0.3) is 0 Å². The number of rotatable bonds is 3. The van der Waals surface area contributed by atoms with Crippen molar-refractivity contribution in [3.63, 3.8) is 0 Å². The molecule has 0 aliphatic carbocycles. The molecule has 2 aromatic heterocycles. The van der Waals surface area contributed by atoms with Gasteiger partial charge in [0, 0.05) is 56.4 Å². The number of furan rings is 1. The molecule has 3 rings (SSSR count). The maximum absolute atomic E-state index is 5.12. The molecule has 0 radical (unpaired) electrons. The van der Waals surface area contributed by atoms with Crippen LogP contribution in [-0.4, -0.2) is 36.1 Å². The zero-order valence-corrected chi connectivity index (χ0v) is 11.2. The molecule has 1 aliphatic rings. The molecule has 0 amide bonds. The fraction of sp³-hybridized carbons (Fsp3) is 0.400. The predicted molar refractivity (Wildman–Crippen MR) is 75.2 cm³/mol. The van der Waals surface area contributed by atoms with Gasteiger partial charge in [0.1, 0.15) is 0 Å². The molecule has 100 valence electrons. The van der Waals surface area contributed by atoms with E-state index in [-0.39, 0.29) is 0 Å². The molecule has 4 heteroatoms. The van der Waals surface area contributed by atoms with E-state index in [1.165, 1.54) is 16.8 Å². The van der Waals surface area contributed by atoms with Gasteiger partial charge in [-0.2, -0.15) is 0 Å². The Morgan fingerprint density at radius 3 is 2.74 bits per heavy atom. The molecule has 0 saturated carbocycles. The molecule has 0 N–H and O–H groups in total. The summed E-state index contributed by atoms with van der Waals surface area (Å²) in [5.41, 5.74) is 3.83. The van der Waals surface area contributed by atoms with E-state index in [1.807, 2.05) is 24.7 Å². The van der Waals surface area contributed by atoms with E-state index in [0.717, 1.165) is 32.7 Å². The Bertz CT molecular complexity index is 516. The van der Waals surface area contributed by atoms with Crippen LogP contribution in [0.4, 0.5) is 5.69 Å². The molecule has 0 aromatic carbocycles. The van der Waals surface area contributed by atoms with Crippen molar-refractivity contribution < 1.29 is 4.42 Å².